The van der Waals surface area contributed by atoms with Crippen LogP contribution in [0.1, 0.15) is 13.3 Å². The van der Waals surface area contributed by atoms with E-state index in [4.69, 9.17) is 0 Å². The molecule has 1 aromatic rings. The maximum Gasteiger partial charge on any atom is 0.147 e. The van der Waals surface area contributed by atoms with Crippen LogP contribution in [0.25, 0.3) is 0 Å². The zero-order chi connectivity index (χ0) is 10.1. The van der Waals surface area contributed by atoms with Crippen LogP contribution >= 0.6 is 15.9 Å². The lowest BCUT2D eigenvalue weighted by Crippen LogP contribution is -2.22. The molecule has 0 saturated carbocycles. The van der Waals surface area contributed by atoms with Gasteiger partial charge in [-0.1, -0.05) is 34.5 Å². The molecule has 0 bridgehead atoms. The smallest absolute Gasteiger partial charge is 0.147 e. The lowest BCUT2D eigenvalue weighted by molar-refractivity contribution is 0.583. The van der Waals surface area contributed by atoms with Gasteiger partial charge >= 0.3 is 0 Å². The summed E-state index contributed by atoms with van der Waals surface area (Å²) < 4.78 is 1.83. The number of hydrogen-bond acceptors (Lipinski definition) is 3. The van der Waals surface area contributed by atoms with Gasteiger partial charge in [-0.3, -0.25) is 0 Å². The molecular weight excluding hydrogens is 244 g/mol. The Bertz CT molecular complexity index is 312. The summed E-state index contributed by atoms with van der Waals surface area (Å²) in [5, 5.41) is 7.84. The van der Waals surface area contributed by atoms with Crippen molar-refractivity contribution in [3.63, 3.8) is 0 Å². The van der Waals surface area contributed by atoms with E-state index in [0.717, 1.165) is 24.8 Å². The zero-order valence-corrected chi connectivity index (χ0v) is 10.1. The predicted molar refractivity (Wildman–Crippen MR) is 59.7 cm³/mol. The van der Waals surface area contributed by atoms with Crippen molar-refractivity contribution in [2.75, 3.05) is 18.0 Å². The predicted octanol–water partition coefficient (Wildman–Crippen LogP) is 1.42. The van der Waals surface area contributed by atoms with Gasteiger partial charge in [0, 0.05) is 25.0 Å². The van der Waals surface area contributed by atoms with E-state index in [9.17, 15) is 0 Å². The van der Waals surface area contributed by atoms with E-state index < -0.39 is 0 Å². The van der Waals surface area contributed by atoms with Gasteiger partial charge in [-0.15, -0.1) is 5.10 Å². The largest absolute Gasteiger partial charge is 0.354 e. The van der Waals surface area contributed by atoms with Crippen molar-refractivity contribution in [3.8, 4) is 0 Å². The van der Waals surface area contributed by atoms with Crippen LogP contribution in [0.3, 0.4) is 0 Å². The Morgan fingerprint density at radius 2 is 2.36 bits per heavy atom. The Balaban J connectivity index is 2.12. The number of alkyl halides is 1. The Hall–Kier alpha value is -0.580. The van der Waals surface area contributed by atoms with Crippen LogP contribution < -0.4 is 4.90 Å². The molecule has 2 atom stereocenters. The number of rotatable bonds is 2. The van der Waals surface area contributed by atoms with E-state index in [0.29, 0.717) is 4.83 Å². The Labute approximate surface area is 92.4 Å². The summed E-state index contributed by atoms with van der Waals surface area (Å²) >= 11 is 3.72. The van der Waals surface area contributed by atoms with Gasteiger partial charge in [0.15, 0.2) is 0 Å². The molecule has 1 saturated heterocycles. The maximum absolute atomic E-state index is 3.95. The van der Waals surface area contributed by atoms with Crippen molar-refractivity contribution in [3.05, 3.63) is 6.20 Å². The molecule has 2 heterocycles. The summed E-state index contributed by atoms with van der Waals surface area (Å²) in [6.07, 6.45) is 3.05. The monoisotopic (exact) mass is 258 g/mol. The standard InChI is InChI=1S/C9H15BrN4/c1-3-7-5-14(6-8(7)10)9-4-11-12-13(9)2/h4,7-8H,3,5-6H2,1-2H3. The molecule has 2 unspecified atom stereocenters. The molecule has 0 radical (unpaired) electrons. The second-order valence-electron chi connectivity index (χ2n) is 3.81. The summed E-state index contributed by atoms with van der Waals surface area (Å²) in [6, 6.07) is 0. The quantitative estimate of drug-likeness (QED) is 0.753. The van der Waals surface area contributed by atoms with E-state index in [-0.39, 0.29) is 0 Å². The van der Waals surface area contributed by atoms with Gasteiger partial charge in [0.25, 0.3) is 0 Å². The van der Waals surface area contributed by atoms with Gasteiger partial charge in [0.2, 0.25) is 0 Å². The summed E-state index contributed by atoms with van der Waals surface area (Å²) in [6.45, 7) is 4.40. The third-order valence-electron chi connectivity index (χ3n) is 2.90. The molecule has 1 fully saturated rings. The number of aromatic nitrogens is 3. The van der Waals surface area contributed by atoms with Crippen LogP contribution in [0.2, 0.25) is 0 Å². The highest BCUT2D eigenvalue weighted by Gasteiger charge is 2.30. The normalized spacial score (nSPS) is 27.2. The lowest BCUT2D eigenvalue weighted by Gasteiger charge is -2.16. The van der Waals surface area contributed by atoms with Crippen LogP contribution in [0.4, 0.5) is 5.82 Å². The molecule has 0 spiro atoms. The fraction of sp³-hybridized carbons (Fsp3) is 0.778. The first-order valence-corrected chi connectivity index (χ1v) is 5.87. The summed E-state index contributed by atoms with van der Waals surface area (Å²) in [5.41, 5.74) is 0. The fourth-order valence-corrected chi connectivity index (χ4v) is 2.86. The van der Waals surface area contributed by atoms with Gasteiger partial charge < -0.3 is 4.90 Å². The SMILES string of the molecule is CCC1CN(c2cnnn2C)CC1Br. The molecule has 1 aliphatic rings. The zero-order valence-electron chi connectivity index (χ0n) is 8.52. The number of anilines is 1. The van der Waals surface area contributed by atoms with Crippen LogP contribution in [-0.2, 0) is 7.05 Å². The molecular formula is C9H15BrN4. The van der Waals surface area contributed by atoms with E-state index in [1.54, 1.807) is 0 Å². The maximum atomic E-state index is 3.95. The second kappa shape index (κ2) is 3.88. The molecule has 78 valence electrons. The van der Waals surface area contributed by atoms with Gasteiger partial charge in [0.05, 0.1) is 6.20 Å². The third kappa shape index (κ3) is 1.65. The summed E-state index contributed by atoms with van der Waals surface area (Å²) in [5.74, 6) is 1.86. The van der Waals surface area contributed by atoms with Gasteiger partial charge in [-0.25, -0.2) is 4.68 Å². The third-order valence-corrected chi connectivity index (χ3v) is 3.94. The van der Waals surface area contributed by atoms with Crippen molar-refractivity contribution in [1.29, 1.82) is 0 Å². The molecule has 5 heteroatoms. The highest BCUT2D eigenvalue weighted by molar-refractivity contribution is 9.09. The number of aryl methyl sites for hydroxylation is 1. The van der Waals surface area contributed by atoms with Crippen LogP contribution in [0, 0.1) is 5.92 Å². The first-order valence-electron chi connectivity index (χ1n) is 4.96. The highest BCUT2D eigenvalue weighted by atomic mass is 79.9. The van der Waals surface area contributed by atoms with Crippen molar-refractivity contribution in [2.45, 2.75) is 18.2 Å². The van der Waals surface area contributed by atoms with Crippen molar-refractivity contribution < 1.29 is 0 Å². The molecule has 14 heavy (non-hydrogen) atoms. The second-order valence-corrected chi connectivity index (χ2v) is 4.98. The number of halogens is 1. The molecule has 1 aliphatic heterocycles. The number of hydrogen-bond donors (Lipinski definition) is 0. The summed E-state index contributed by atoms with van der Waals surface area (Å²) in [4.78, 5) is 2.94. The lowest BCUT2D eigenvalue weighted by atomic mass is 10.1. The Morgan fingerprint density at radius 1 is 1.57 bits per heavy atom. The van der Waals surface area contributed by atoms with Crippen LogP contribution in [0.15, 0.2) is 6.20 Å². The van der Waals surface area contributed by atoms with Gasteiger partial charge in [0.1, 0.15) is 5.82 Å². The van der Waals surface area contributed by atoms with E-state index >= 15 is 0 Å². The highest BCUT2D eigenvalue weighted by Crippen LogP contribution is 2.29. The summed E-state index contributed by atoms with van der Waals surface area (Å²) in [7, 11) is 1.94. The topological polar surface area (TPSA) is 34.0 Å². The van der Waals surface area contributed by atoms with Crippen molar-refractivity contribution in [1.82, 2.24) is 15.0 Å². The molecule has 0 aromatic carbocycles. The molecule has 1 aromatic heterocycles. The molecule has 0 aliphatic carbocycles. The molecule has 0 amide bonds. The van der Waals surface area contributed by atoms with Crippen molar-refractivity contribution in [2.24, 2.45) is 13.0 Å². The minimum Gasteiger partial charge on any atom is -0.354 e. The minimum absolute atomic E-state index is 0.599. The van der Waals surface area contributed by atoms with Crippen molar-refractivity contribution >= 4 is 21.7 Å². The first-order chi connectivity index (χ1) is 6.72. The first kappa shape index (κ1) is 9.96. The average molecular weight is 259 g/mol. The van der Waals surface area contributed by atoms with Gasteiger partial charge in [-0.2, -0.15) is 0 Å². The number of nitrogens with zero attached hydrogens (tertiary/aromatic N) is 4. The average Bonchev–Trinajstić information content (AvgIpc) is 2.71. The molecule has 0 N–H and O–H groups in total. The van der Waals surface area contributed by atoms with E-state index in [1.165, 1.54) is 6.42 Å². The molecule has 2 rings (SSSR count). The van der Waals surface area contributed by atoms with E-state index in [2.05, 4.69) is 38.1 Å². The molecule has 4 nitrogen and oxygen atoms in total. The Kier molecular flexibility index (Phi) is 2.76. The Morgan fingerprint density at radius 3 is 2.86 bits per heavy atom. The van der Waals surface area contributed by atoms with Crippen LogP contribution in [-0.4, -0.2) is 32.9 Å². The van der Waals surface area contributed by atoms with Crippen LogP contribution in [0.5, 0.6) is 0 Å². The fourth-order valence-electron chi connectivity index (χ4n) is 1.97. The van der Waals surface area contributed by atoms with Gasteiger partial charge in [-0.05, 0) is 5.92 Å². The minimum atomic E-state index is 0.599. The van der Waals surface area contributed by atoms with E-state index in [1.807, 2.05) is 17.9 Å².